The molecule has 0 aliphatic rings. The van der Waals surface area contributed by atoms with Crippen LogP contribution in [-0.2, 0) is 9.63 Å². The average Bonchev–Trinajstić information content (AvgIpc) is 2.21. The average molecular weight is 246 g/mol. The predicted octanol–water partition coefficient (Wildman–Crippen LogP) is 2.50. The molecule has 0 radical (unpaired) electrons. The molecule has 0 unspecified atom stereocenters. The molecule has 1 amide bonds. The normalized spacial score (nSPS) is 10.0. The number of benzene rings is 1. The molecular formula is C10H12ClNO2S. The highest BCUT2D eigenvalue weighted by molar-refractivity contribution is 7.99. The van der Waals surface area contributed by atoms with E-state index in [0.29, 0.717) is 12.2 Å². The Hall–Kier alpha value is -0.710. The number of hydrogen-bond donors (Lipinski definition) is 1. The van der Waals surface area contributed by atoms with E-state index in [4.69, 9.17) is 11.6 Å². The van der Waals surface area contributed by atoms with Crippen molar-refractivity contribution in [3.05, 3.63) is 29.3 Å². The Morgan fingerprint density at radius 3 is 2.93 bits per heavy atom. The maximum atomic E-state index is 11.0. The highest BCUT2D eigenvalue weighted by Gasteiger charge is 2.03. The molecule has 0 heterocycles. The lowest BCUT2D eigenvalue weighted by molar-refractivity contribution is -0.130. The van der Waals surface area contributed by atoms with E-state index >= 15 is 0 Å². The van der Waals surface area contributed by atoms with Crippen molar-refractivity contribution in [3.63, 3.8) is 0 Å². The Morgan fingerprint density at radius 1 is 1.53 bits per heavy atom. The first kappa shape index (κ1) is 12.4. The van der Waals surface area contributed by atoms with Crippen molar-refractivity contribution in [1.29, 1.82) is 0 Å². The Balaban J connectivity index is 2.32. The summed E-state index contributed by atoms with van der Waals surface area (Å²) in [4.78, 5) is 16.5. The molecule has 0 saturated heterocycles. The maximum absolute atomic E-state index is 11.0. The molecule has 0 fully saturated rings. The topological polar surface area (TPSA) is 38.3 Å². The third kappa shape index (κ3) is 4.55. The number of amides is 1. The third-order valence-electron chi connectivity index (χ3n) is 1.64. The van der Waals surface area contributed by atoms with Crippen molar-refractivity contribution in [1.82, 2.24) is 5.48 Å². The van der Waals surface area contributed by atoms with Crippen LogP contribution in [-0.4, -0.2) is 18.8 Å². The molecule has 1 rings (SSSR count). The highest BCUT2D eigenvalue weighted by atomic mass is 35.5. The zero-order valence-electron chi connectivity index (χ0n) is 8.33. The van der Waals surface area contributed by atoms with Crippen molar-refractivity contribution in [3.8, 4) is 0 Å². The number of carbonyl (C=O) groups is 1. The van der Waals surface area contributed by atoms with Gasteiger partial charge in [0.25, 0.3) is 0 Å². The second-order valence-electron chi connectivity index (χ2n) is 2.76. The molecule has 5 heteroatoms. The second kappa shape index (κ2) is 6.71. The van der Waals surface area contributed by atoms with Gasteiger partial charge in [-0.25, -0.2) is 5.48 Å². The summed E-state index contributed by atoms with van der Waals surface area (Å²) in [5, 5.41) is 0.717. The summed E-state index contributed by atoms with van der Waals surface area (Å²) in [6, 6.07) is 7.56. The summed E-state index contributed by atoms with van der Waals surface area (Å²) in [6.45, 7) is 0. The van der Waals surface area contributed by atoms with Crippen molar-refractivity contribution in [2.75, 3.05) is 12.9 Å². The fourth-order valence-corrected chi connectivity index (χ4v) is 2.17. The van der Waals surface area contributed by atoms with E-state index in [9.17, 15) is 4.79 Å². The second-order valence-corrected chi connectivity index (χ2v) is 4.30. The molecule has 1 N–H and O–H groups in total. The van der Waals surface area contributed by atoms with Gasteiger partial charge in [-0.1, -0.05) is 23.7 Å². The number of halogens is 1. The lowest BCUT2D eigenvalue weighted by atomic mass is 10.4. The minimum atomic E-state index is -0.128. The van der Waals surface area contributed by atoms with E-state index < -0.39 is 0 Å². The quantitative estimate of drug-likeness (QED) is 0.640. The minimum absolute atomic E-state index is 0.128. The lowest BCUT2D eigenvalue weighted by Crippen LogP contribution is -2.21. The molecule has 0 aliphatic carbocycles. The number of nitrogens with one attached hydrogen (secondary N) is 1. The molecular weight excluding hydrogens is 234 g/mol. The van der Waals surface area contributed by atoms with E-state index in [1.807, 2.05) is 24.3 Å². The lowest BCUT2D eigenvalue weighted by Gasteiger charge is -2.03. The summed E-state index contributed by atoms with van der Waals surface area (Å²) >= 11 is 7.51. The van der Waals surface area contributed by atoms with Gasteiger partial charge in [-0.2, -0.15) is 0 Å². The van der Waals surface area contributed by atoms with Gasteiger partial charge in [-0.05, 0) is 12.1 Å². The smallest absolute Gasteiger partial charge is 0.244 e. The van der Waals surface area contributed by atoms with Crippen molar-refractivity contribution in [2.45, 2.75) is 11.3 Å². The SMILES string of the molecule is CONC(=O)CCSc1ccccc1Cl. The van der Waals surface area contributed by atoms with Gasteiger partial charge in [-0.15, -0.1) is 11.8 Å². The number of thioether (sulfide) groups is 1. The van der Waals surface area contributed by atoms with Crippen LogP contribution in [0.1, 0.15) is 6.42 Å². The monoisotopic (exact) mass is 245 g/mol. The fourth-order valence-electron chi connectivity index (χ4n) is 0.980. The molecule has 1 aromatic carbocycles. The Morgan fingerprint density at radius 2 is 2.27 bits per heavy atom. The van der Waals surface area contributed by atoms with E-state index in [-0.39, 0.29) is 5.91 Å². The molecule has 3 nitrogen and oxygen atoms in total. The number of rotatable bonds is 5. The molecule has 0 saturated carbocycles. The van der Waals surface area contributed by atoms with Gasteiger partial charge in [0.1, 0.15) is 0 Å². The number of hydroxylamine groups is 1. The van der Waals surface area contributed by atoms with Gasteiger partial charge in [0.15, 0.2) is 0 Å². The molecule has 0 bridgehead atoms. The van der Waals surface area contributed by atoms with Gasteiger partial charge < -0.3 is 0 Å². The molecule has 1 aromatic rings. The van der Waals surface area contributed by atoms with Gasteiger partial charge in [-0.3, -0.25) is 9.63 Å². The minimum Gasteiger partial charge on any atom is -0.277 e. The highest BCUT2D eigenvalue weighted by Crippen LogP contribution is 2.26. The van der Waals surface area contributed by atoms with Crippen molar-refractivity contribution in [2.24, 2.45) is 0 Å². The standard InChI is InChI=1S/C10H12ClNO2S/c1-14-12-10(13)6-7-15-9-5-3-2-4-8(9)11/h2-5H,6-7H2,1H3,(H,12,13). The number of hydrogen-bond acceptors (Lipinski definition) is 3. The Bertz CT molecular complexity index is 333. The molecule has 0 aliphatic heterocycles. The maximum Gasteiger partial charge on any atom is 0.244 e. The Labute approximate surface area is 98.1 Å². The first-order chi connectivity index (χ1) is 7.24. The van der Waals surface area contributed by atoms with Crippen LogP contribution in [0.25, 0.3) is 0 Å². The first-order valence-corrected chi connectivity index (χ1v) is 5.79. The molecule has 0 atom stereocenters. The predicted molar refractivity (Wildman–Crippen MR) is 61.9 cm³/mol. The summed E-state index contributed by atoms with van der Waals surface area (Å²) < 4.78 is 0. The molecule has 82 valence electrons. The van der Waals surface area contributed by atoms with E-state index in [2.05, 4.69) is 10.3 Å². The zero-order valence-corrected chi connectivity index (χ0v) is 9.90. The van der Waals surface area contributed by atoms with Crippen molar-refractivity contribution >= 4 is 29.3 Å². The van der Waals surface area contributed by atoms with E-state index in [1.165, 1.54) is 7.11 Å². The number of carbonyl (C=O) groups excluding carboxylic acids is 1. The summed E-state index contributed by atoms with van der Waals surface area (Å²) in [5.74, 6) is 0.552. The molecule has 0 aromatic heterocycles. The largest absolute Gasteiger partial charge is 0.277 e. The van der Waals surface area contributed by atoms with Gasteiger partial charge in [0.05, 0.1) is 12.1 Å². The first-order valence-electron chi connectivity index (χ1n) is 4.43. The van der Waals surface area contributed by atoms with Crippen LogP contribution in [0.15, 0.2) is 29.2 Å². The van der Waals surface area contributed by atoms with Crippen LogP contribution in [0.3, 0.4) is 0 Å². The van der Waals surface area contributed by atoms with Crippen LogP contribution in [0.2, 0.25) is 5.02 Å². The zero-order chi connectivity index (χ0) is 11.1. The fraction of sp³-hybridized carbons (Fsp3) is 0.300. The summed E-state index contributed by atoms with van der Waals surface area (Å²) in [7, 11) is 1.42. The van der Waals surface area contributed by atoms with Crippen molar-refractivity contribution < 1.29 is 9.63 Å². The van der Waals surface area contributed by atoms with E-state index in [0.717, 1.165) is 9.92 Å². The molecule has 15 heavy (non-hydrogen) atoms. The Kier molecular flexibility index (Phi) is 5.53. The van der Waals surface area contributed by atoms with Gasteiger partial charge in [0.2, 0.25) is 5.91 Å². The van der Waals surface area contributed by atoms with Crippen LogP contribution in [0, 0.1) is 0 Å². The van der Waals surface area contributed by atoms with Crippen LogP contribution < -0.4 is 5.48 Å². The summed E-state index contributed by atoms with van der Waals surface area (Å²) in [6.07, 6.45) is 0.406. The van der Waals surface area contributed by atoms with Crippen LogP contribution in [0.5, 0.6) is 0 Å². The summed E-state index contributed by atoms with van der Waals surface area (Å²) in [5.41, 5.74) is 2.26. The van der Waals surface area contributed by atoms with Crippen LogP contribution in [0.4, 0.5) is 0 Å². The third-order valence-corrected chi connectivity index (χ3v) is 3.16. The van der Waals surface area contributed by atoms with E-state index in [1.54, 1.807) is 11.8 Å². The van der Waals surface area contributed by atoms with Gasteiger partial charge >= 0.3 is 0 Å². The van der Waals surface area contributed by atoms with Gasteiger partial charge in [0, 0.05) is 17.1 Å². The molecule has 0 spiro atoms. The van der Waals surface area contributed by atoms with Crippen LogP contribution >= 0.6 is 23.4 Å².